The number of H-pyrrole nitrogens is 1. The maximum Gasteiger partial charge on any atom is 0.430 e. The van der Waals surface area contributed by atoms with Crippen LogP contribution in [-0.2, 0) is 22.5 Å². The van der Waals surface area contributed by atoms with Crippen molar-refractivity contribution in [2.24, 2.45) is 0 Å². The number of hydrogen-bond acceptors (Lipinski definition) is 6. The van der Waals surface area contributed by atoms with E-state index in [0.29, 0.717) is 42.0 Å². The van der Waals surface area contributed by atoms with E-state index in [1.54, 1.807) is 7.11 Å². The summed E-state index contributed by atoms with van der Waals surface area (Å²) in [7, 11) is 1.63. The molecule has 4 N–H and O–H groups in total. The first kappa shape index (κ1) is 31.5. The number of hydrogen-bond donors (Lipinski definition) is 3. The van der Waals surface area contributed by atoms with Crippen LogP contribution in [0.3, 0.4) is 0 Å². The second-order valence-electron chi connectivity index (χ2n) is 8.91. The van der Waals surface area contributed by atoms with Crippen molar-refractivity contribution in [3.05, 3.63) is 46.8 Å². The van der Waals surface area contributed by atoms with Crippen LogP contribution >= 0.6 is 0 Å². The minimum Gasteiger partial charge on any atom is -0.542 e. The van der Waals surface area contributed by atoms with Gasteiger partial charge in [-0.3, -0.25) is 4.79 Å². The lowest BCUT2D eigenvalue weighted by Gasteiger charge is -2.19. The second-order valence-corrected chi connectivity index (χ2v) is 8.91. The monoisotopic (exact) mass is 529 g/mol. The van der Waals surface area contributed by atoms with Crippen LogP contribution in [0.5, 0.6) is 5.75 Å². The van der Waals surface area contributed by atoms with Crippen molar-refractivity contribution in [2.75, 3.05) is 13.7 Å². The fourth-order valence-electron chi connectivity index (χ4n) is 3.17. The molecule has 2 rings (SSSR count). The number of esters is 1. The smallest absolute Gasteiger partial charge is 0.430 e. The number of nitrogens with one attached hydrogen (secondary N) is 2. The van der Waals surface area contributed by atoms with Gasteiger partial charge in [0.05, 0.1) is 18.4 Å². The Morgan fingerprint density at radius 1 is 1.08 bits per heavy atom. The second kappa shape index (κ2) is 13.7. The van der Waals surface area contributed by atoms with Gasteiger partial charge in [0.25, 0.3) is 5.91 Å². The molecular formula is C25H34F3N3O6. The number of amides is 1. The first-order valence-electron chi connectivity index (χ1n) is 11.6. The van der Waals surface area contributed by atoms with E-state index < -0.39 is 23.7 Å². The Labute approximate surface area is 213 Å². The zero-order valence-electron chi connectivity index (χ0n) is 21.8. The summed E-state index contributed by atoms with van der Waals surface area (Å²) < 4.78 is 42.3. The molecule has 0 saturated carbocycles. The van der Waals surface area contributed by atoms with E-state index in [2.05, 4.69) is 10.3 Å². The Bertz CT molecular complexity index is 1060. The largest absolute Gasteiger partial charge is 0.542 e. The van der Waals surface area contributed by atoms with E-state index >= 15 is 0 Å². The minimum absolute atomic E-state index is 0.169. The Morgan fingerprint density at radius 3 is 2.08 bits per heavy atom. The van der Waals surface area contributed by atoms with E-state index in [4.69, 9.17) is 19.4 Å². The number of ether oxygens (including phenoxy) is 2. The molecule has 0 bridgehead atoms. The number of aromatic nitrogens is 1. The number of carboxylic acids is 1. The molecule has 0 fully saturated rings. The summed E-state index contributed by atoms with van der Waals surface area (Å²) in [5.74, 6) is -2.84. The van der Waals surface area contributed by atoms with Crippen LogP contribution in [0.15, 0.2) is 24.3 Å². The summed E-state index contributed by atoms with van der Waals surface area (Å²) in [6.45, 7) is 10.5. The number of benzene rings is 1. The van der Waals surface area contributed by atoms with Crippen molar-refractivity contribution in [2.45, 2.75) is 65.8 Å². The van der Waals surface area contributed by atoms with E-state index in [9.17, 15) is 22.8 Å². The predicted molar refractivity (Wildman–Crippen MR) is 127 cm³/mol. The average Bonchev–Trinajstić information content (AvgIpc) is 3.19. The van der Waals surface area contributed by atoms with Gasteiger partial charge in [-0.05, 0) is 51.3 Å². The zero-order valence-corrected chi connectivity index (χ0v) is 21.8. The molecule has 9 nitrogen and oxygen atoms in total. The molecule has 1 aromatic heterocycles. The third-order valence-corrected chi connectivity index (χ3v) is 4.79. The molecule has 0 aliphatic rings. The quantitative estimate of drug-likeness (QED) is 0.337. The first-order valence-corrected chi connectivity index (χ1v) is 11.6. The first-order chi connectivity index (χ1) is 17.1. The molecule has 2 aromatic rings. The number of quaternary nitrogens is 1. The van der Waals surface area contributed by atoms with Gasteiger partial charge in [-0.25, -0.2) is 4.79 Å². The number of aromatic amines is 1. The fourth-order valence-corrected chi connectivity index (χ4v) is 3.17. The number of carbonyl (C=O) groups is 3. The summed E-state index contributed by atoms with van der Waals surface area (Å²) in [6.07, 6.45) is -3.81. The van der Waals surface area contributed by atoms with Crippen molar-refractivity contribution in [3.63, 3.8) is 0 Å². The van der Waals surface area contributed by atoms with Crippen LogP contribution in [0.4, 0.5) is 18.9 Å². The van der Waals surface area contributed by atoms with Crippen LogP contribution < -0.4 is 20.5 Å². The fraction of sp³-hybridized carbons (Fsp3) is 0.480. The van der Waals surface area contributed by atoms with Crippen molar-refractivity contribution in [3.8, 4) is 5.75 Å². The van der Waals surface area contributed by atoms with Gasteiger partial charge < -0.3 is 35.0 Å². The number of methoxy groups -OCH3 is 1. The molecule has 37 heavy (non-hydrogen) atoms. The lowest BCUT2D eigenvalue weighted by Crippen LogP contribution is -2.76. The highest BCUT2D eigenvalue weighted by Crippen LogP contribution is 2.23. The molecule has 0 aliphatic heterocycles. The summed E-state index contributed by atoms with van der Waals surface area (Å²) >= 11 is 0. The predicted octanol–water partition coefficient (Wildman–Crippen LogP) is 2.37. The Kier molecular flexibility index (Phi) is 11.6. The number of alkyl halides is 3. The average molecular weight is 530 g/mol. The number of nitrogens with two attached hydrogens (primary N) is 1. The van der Waals surface area contributed by atoms with Gasteiger partial charge in [0.15, 0.2) is 0 Å². The Hall–Kier alpha value is -3.54. The lowest BCUT2D eigenvalue weighted by molar-refractivity contribution is -0.589. The van der Waals surface area contributed by atoms with Crippen molar-refractivity contribution in [1.82, 2.24) is 10.3 Å². The Balaban J connectivity index is 0.000000856. The van der Waals surface area contributed by atoms with Crippen LogP contribution in [-0.4, -0.2) is 48.3 Å². The van der Waals surface area contributed by atoms with Gasteiger partial charge >= 0.3 is 12.1 Å². The number of carbonyl (C=O) groups excluding carboxylic acids is 3. The molecule has 206 valence electrons. The van der Waals surface area contributed by atoms with E-state index in [-0.39, 0.29) is 5.91 Å². The van der Waals surface area contributed by atoms with Gasteiger partial charge in [0, 0.05) is 18.7 Å². The maximum absolute atomic E-state index is 12.9. The summed E-state index contributed by atoms with van der Waals surface area (Å²) in [5, 5.41) is 13.7. The van der Waals surface area contributed by atoms with Gasteiger partial charge in [-0.1, -0.05) is 13.8 Å². The molecule has 0 spiro atoms. The topological polar surface area (TPSA) is 137 Å². The molecule has 1 heterocycles. The van der Waals surface area contributed by atoms with Crippen LogP contribution in [0, 0.1) is 0 Å². The van der Waals surface area contributed by atoms with Crippen LogP contribution in [0.1, 0.15) is 73.1 Å². The summed E-state index contributed by atoms with van der Waals surface area (Å²) in [4.78, 5) is 37.7. The molecule has 0 radical (unpaired) electrons. The van der Waals surface area contributed by atoms with Crippen LogP contribution in [0.2, 0.25) is 0 Å². The molecule has 1 aromatic carbocycles. The highest BCUT2D eigenvalue weighted by Gasteiger charge is 2.29. The molecule has 0 unspecified atom stereocenters. The number of halogens is 3. The highest BCUT2D eigenvalue weighted by atomic mass is 19.4. The lowest BCUT2D eigenvalue weighted by atomic mass is 10.0. The Morgan fingerprint density at radius 2 is 1.65 bits per heavy atom. The highest BCUT2D eigenvalue weighted by molar-refractivity contribution is 6.01. The summed E-state index contributed by atoms with van der Waals surface area (Å²) in [6, 6.07) is 7.68. The maximum atomic E-state index is 12.9. The molecular weight excluding hydrogens is 495 g/mol. The molecule has 0 aliphatic carbocycles. The molecule has 0 atom stereocenters. The van der Waals surface area contributed by atoms with Gasteiger partial charge in [-0.15, -0.1) is 0 Å². The molecule has 1 amide bonds. The van der Waals surface area contributed by atoms with Gasteiger partial charge in [-0.2, -0.15) is 13.2 Å². The normalized spacial score (nSPS) is 11.3. The standard InChI is InChI=1S/C23H33N3O4.C2HF3O2/c1-7-13-24-21(27)19-17(8-2)20(22(28)30-23(3,4)5)26-18(19)14-25-15-9-11-16(29-6)12-10-15;3-2(4,5)1(6)7/h9-12,25-26H,7-8,13-14H2,1-6H3,(H,24,27);(H,6,7). The third-order valence-electron chi connectivity index (χ3n) is 4.79. The van der Waals surface area contributed by atoms with Crippen molar-refractivity contribution < 1.29 is 47.5 Å². The number of carboxylic acid groups (broad SMARTS) is 1. The van der Waals surface area contributed by atoms with Crippen LogP contribution in [0.25, 0.3) is 0 Å². The van der Waals surface area contributed by atoms with Gasteiger partial charge in [0.2, 0.25) is 0 Å². The van der Waals surface area contributed by atoms with Gasteiger partial charge in [0.1, 0.15) is 35.2 Å². The third kappa shape index (κ3) is 10.2. The zero-order chi connectivity index (χ0) is 28.4. The molecule has 12 heteroatoms. The minimum atomic E-state index is -5.19. The number of aliphatic carboxylic acids is 1. The number of rotatable bonds is 9. The molecule has 0 saturated heterocycles. The van der Waals surface area contributed by atoms with E-state index in [0.717, 1.165) is 17.9 Å². The van der Waals surface area contributed by atoms with Crippen molar-refractivity contribution >= 4 is 23.5 Å². The SMILES string of the molecule is CCCNC(=O)c1c(C[NH2+]c2ccc(OC)cc2)[nH]c(C(=O)OC(C)(C)C)c1CC.O=C([O-])C(F)(F)F. The van der Waals surface area contributed by atoms with E-state index in [1.165, 1.54) is 0 Å². The van der Waals surface area contributed by atoms with Crippen molar-refractivity contribution in [1.29, 1.82) is 0 Å². The van der Waals surface area contributed by atoms with E-state index in [1.807, 2.05) is 64.2 Å². The summed E-state index contributed by atoms with van der Waals surface area (Å²) in [5.41, 5.74) is 2.67.